The molecule has 1 N–H and O–H groups in total. The van der Waals surface area contributed by atoms with Crippen LogP contribution >= 0.6 is 0 Å². The molecule has 1 aliphatic heterocycles. The highest BCUT2D eigenvalue weighted by Gasteiger charge is 2.36. The number of hydrogen-bond acceptors (Lipinski definition) is 5. The maximum Gasteiger partial charge on any atom is 0.336 e. The first kappa shape index (κ1) is 17.8. The van der Waals surface area contributed by atoms with E-state index >= 15 is 0 Å². The lowest BCUT2D eigenvalue weighted by Gasteiger charge is -2.34. The van der Waals surface area contributed by atoms with Crippen molar-refractivity contribution in [3.05, 3.63) is 33.7 Å². The molecule has 136 valence electrons. The van der Waals surface area contributed by atoms with Crippen LogP contribution in [0.4, 0.5) is 0 Å². The molecule has 0 saturated heterocycles. The summed E-state index contributed by atoms with van der Waals surface area (Å²) in [6, 6.07) is 3.34. The van der Waals surface area contributed by atoms with Crippen LogP contribution in [0.3, 0.4) is 0 Å². The number of aliphatic hydroxyl groups excluding tert-OH is 1. The average Bonchev–Trinajstić information content (AvgIpc) is 2.51. The quantitative estimate of drug-likeness (QED) is 0.848. The minimum atomic E-state index is -0.755. The van der Waals surface area contributed by atoms with Crippen LogP contribution in [-0.2, 0) is 6.42 Å². The van der Waals surface area contributed by atoms with Gasteiger partial charge in [0, 0.05) is 18.1 Å². The van der Waals surface area contributed by atoms with E-state index in [9.17, 15) is 9.90 Å². The molecular formula is C20H26O5. The summed E-state index contributed by atoms with van der Waals surface area (Å²) in [4.78, 5) is 12.1. The Labute approximate surface area is 147 Å². The van der Waals surface area contributed by atoms with Gasteiger partial charge in [-0.05, 0) is 32.8 Å². The maximum atomic E-state index is 12.1. The van der Waals surface area contributed by atoms with Gasteiger partial charge in [0.1, 0.15) is 17.6 Å². The van der Waals surface area contributed by atoms with Crippen LogP contribution in [0.2, 0.25) is 0 Å². The smallest absolute Gasteiger partial charge is 0.336 e. The van der Waals surface area contributed by atoms with E-state index in [-0.39, 0.29) is 18.1 Å². The van der Waals surface area contributed by atoms with Crippen LogP contribution in [0.15, 0.2) is 21.3 Å². The van der Waals surface area contributed by atoms with Crippen LogP contribution in [0.5, 0.6) is 11.5 Å². The maximum absolute atomic E-state index is 12.1. The van der Waals surface area contributed by atoms with Gasteiger partial charge in [-0.2, -0.15) is 0 Å². The van der Waals surface area contributed by atoms with E-state index in [1.54, 1.807) is 0 Å². The summed E-state index contributed by atoms with van der Waals surface area (Å²) in [5.74, 6) is 1.05. The second-order valence-electron chi connectivity index (χ2n) is 7.12. The summed E-state index contributed by atoms with van der Waals surface area (Å²) in [5, 5.41) is 11.6. The molecule has 1 aromatic carbocycles. The van der Waals surface area contributed by atoms with Gasteiger partial charge in [-0.15, -0.1) is 0 Å². The molecule has 5 heteroatoms. The fraction of sp³-hybridized carbons (Fsp3) is 0.550. The van der Waals surface area contributed by atoms with Gasteiger partial charge >= 0.3 is 5.63 Å². The first-order valence-corrected chi connectivity index (χ1v) is 8.98. The van der Waals surface area contributed by atoms with Crippen molar-refractivity contribution in [2.24, 2.45) is 5.92 Å². The van der Waals surface area contributed by atoms with Crippen LogP contribution in [0, 0.1) is 5.92 Å². The van der Waals surface area contributed by atoms with Crippen molar-refractivity contribution >= 4 is 11.0 Å². The van der Waals surface area contributed by atoms with Crippen LogP contribution in [-0.4, -0.2) is 17.3 Å². The van der Waals surface area contributed by atoms with Gasteiger partial charge in [-0.1, -0.05) is 20.3 Å². The van der Waals surface area contributed by atoms with Crippen LogP contribution < -0.4 is 15.1 Å². The zero-order valence-electron chi connectivity index (χ0n) is 15.5. The molecule has 0 bridgehead atoms. The number of fused-ring (bicyclic) bond motifs is 3. The largest absolute Gasteiger partial charge is 0.490 e. The minimum Gasteiger partial charge on any atom is -0.490 e. The third-order valence-corrected chi connectivity index (χ3v) is 4.79. The van der Waals surface area contributed by atoms with Crippen molar-refractivity contribution < 1.29 is 19.0 Å². The molecule has 1 unspecified atom stereocenters. The highest BCUT2D eigenvalue weighted by Crippen LogP contribution is 2.46. The predicted octanol–water partition coefficient (Wildman–Crippen LogP) is 3.98. The number of aliphatic hydroxyl groups is 1. The Hall–Kier alpha value is -2.01. The molecule has 3 atom stereocenters. The SMILES string of the molecule is CCCc1cc(=O)oc2c3c(cc(OC(C)C)c12)O[C@H](C)[C@@H](C)C3O. The molecule has 0 aliphatic carbocycles. The Morgan fingerprint density at radius 1 is 1.28 bits per heavy atom. The molecule has 3 rings (SSSR count). The molecule has 5 nitrogen and oxygen atoms in total. The Morgan fingerprint density at radius 3 is 2.64 bits per heavy atom. The van der Waals surface area contributed by atoms with Crippen molar-refractivity contribution in [2.45, 2.75) is 65.8 Å². The number of hydrogen-bond donors (Lipinski definition) is 1. The van der Waals surface area contributed by atoms with E-state index in [1.165, 1.54) is 6.07 Å². The summed E-state index contributed by atoms with van der Waals surface area (Å²) in [6.07, 6.45) is 0.695. The summed E-state index contributed by atoms with van der Waals surface area (Å²) < 4.78 is 17.5. The Bertz CT molecular complexity index is 836. The highest BCUT2D eigenvalue weighted by atomic mass is 16.5. The molecule has 0 saturated carbocycles. The summed E-state index contributed by atoms with van der Waals surface area (Å²) in [5.41, 5.74) is 1.39. The van der Waals surface area contributed by atoms with E-state index < -0.39 is 11.7 Å². The number of ether oxygens (including phenoxy) is 2. The molecule has 0 radical (unpaired) electrons. The fourth-order valence-corrected chi connectivity index (χ4v) is 3.40. The summed E-state index contributed by atoms with van der Waals surface area (Å²) in [6.45, 7) is 9.81. The van der Waals surface area contributed by atoms with Crippen molar-refractivity contribution in [1.29, 1.82) is 0 Å². The van der Waals surface area contributed by atoms with Gasteiger partial charge in [0.25, 0.3) is 0 Å². The zero-order valence-corrected chi connectivity index (χ0v) is 15.5. The van der Waals surface area contributed by atoms with Crippen molar-refractivity contribution in [3.8, 4) is 11.5 Å². The topological polar surface area (TPSA) is 68.9 Å². The van der Waals surface area contributed by atoms with E-state index in [4.69, 9.17) is 13.9 Å². The lowest BCUT2D eigenvalue weighted by Crippen LogP contribution is -2.32. The molecule has 2 heterocycles. The molecule has 1 aliphatic rings. The third kappa shape index (κ3) is 3.13. The number of benzene rings is 1. The second-order valence-corrected chi connectivity index (χ2v) is 7.12. The molecule has 25 heavy (non-hydrogen) atoms. The molecule has 0 fully saturated rings. The molecule has 0 spiro atoms. The highest BCUT2D eigenvalue weighted by molar-refractivity contribution is 5.91. The van der Waals surface area contributed by atoms with E-state index in [2.05, 4.69) is 6.92 Å². The lowest BCUT2D eigenvalue weighted by molar-refractivity contribution is 0.0177. The number of aryl methyl sites for hydroxylation is 1. The van der Waals surface area contributed by atoms with Gasteiger partial charge in [0.05, 0.1) is 23.2 Å². The van der Waals surface area contributed by atoms with Gasteiger partial charge in [-0.3, -0.25) is 0 Å². The van der Waals surface area contributed by atoms with E-state index in [0.29, 0.717) is 22.6 Å². The van der Waals surface area contributed by atoms with E-state index in [1.807, 2.05) is 33.8 Å². The summed E-state index contributed by atoms with van der Waals surface area (Å²) >= 11 is 0. The first-order chi connectivity index (χ1) is 11.8. The van der Waals surface area contributed by atoms with Crippen molar-refractivity contribution in [1.82, 2.24) is 0 Å². The lowest BCUT2D eigenvalue weighted by atomic mass is 9.88. The van der Waals surface area contributed by atoms with E-state index in [0.717, 1.165) is 23.8 Å². The van der Waals surface area contributed by atoms with Crippen molar-refractivity contribution in [2.75, 3.05) is 0 Å². The first-order valence-electron chi connectivity index (χ1n) is 8.98. The second kappa shape index (κ2) is 6.71. The predicted molar refractivity (Wildman–Crippen MR) is 96.5 cm³/mol. The van der Waals surface area contributed by atoms with Gasteiger partial charge in [0.2, 0.25) is 0 Å². The Balaban J connectivity index is 2.38. The monoisotopic (exact) mass is 346 g/mol. The fourth-order valence-electron chi connectivity index (χ4n) is 3.40. The molecule has 0 amide bonds. The average molecular weight is 346 g/mol. The Morgan fingerprint density at radius 2 is 2.00 bits per heavy atom. The van der Waals surface area contributed by atoms with Crippen molar-refractivity contribution in [3.63, 3.8) is 0 Å². The Kier molecular flexibility index (Phi) is 4.78. The molecule has 1 aromatic heterocycles. The molecule has 2 aromatic rings. The molecular weight excluding hydrogens is 320 g/mol. The normalized spacial score (nSPS) is 22.8. The van der Waals surface area contributed by atoms with Gasteiger partial charge < -0.3 is 19.0 Å². The third-order valence-electron chi connectivity index (χ3n) is 4.79. The zero-order chi connectivity index (χ0) is 18.3. The minimum absolute atomic E-state index is 0.0347. The number of rotatable bonds is 4. The van der Waals surface area contributed by atoms with Gasteiger partial charge in [-0.25, -0.2) is 4.79 Å². The van der Waals surface area contributed by atoms with Crippen LogP contribution in [0.25, 0.3) is 11.0 Å². The van der Waals surface area contributed by atoms with Crippen LogP contribution in [0.1, 0.15) is 58.3 Å². The van der Waals surface area contributed by atoms with Gasteiger partial charge in [0.15, 0.2) is 5.58 Å². The standard InChI is InChI=1S/C20H26O5/c1-6-7-13-8-16(21)25-20-17(13)14(23-10(2)3)9-15-18(20)19(22)11(4)12(5)24-15/h8-12,19,22H,6-7H2,1-5H3/t11-,12-,19?/m1/s1. The summed E-state index contributed by atoms with van der Waals surface area (Å²) in [7, 11) is 0.